The average Bonchev–Trinajstić information content (AvgIpc) is 2.54. The number of benzene rings is 2. The molecule has 0 heterocycles. The maximum absolute atomic E-state index is 12.5. The molecule has 0 amide bonds. The van der Waals surface area contributed by atoms with Crippen molar-refractivity contribution in [2.45, 2.75) is 4.90 Å². The fourth-order valence-corrected chi connectivity index (χ4v) is 2.96. The van der Waals surface area contributed by atoms with E-state index in [1.165, 1.54) is 37.4 Å². The molecule has 5 nitrogen and oxygen atoms in total. The Bertz CT molecular complexity index is 844. The Morgan fingerprint density at radius 1 is 0.952 bits per heavy atom. The van der Waals surface area contributed by atoms with Crippen molar-refractivity contribution in [2.24, 2.45) is 0 Å². The highest BCUT2D eigenvalue weighted by Crippen LogP contribution is 2.22. The number of nitrogens with zero attached hydrogens (tertiary/aromatic N) is 3. The predicted octanol–water partition coefficient (Wildman–Crippen LogP) is 2.26. The van der Waals surface area contributed by atoms with Gasteiger partial charge in [-0.1, -0.05) is 6.07 Å². The normalized spacial score (nSPS) is 10.4. The first-order valence-corrected chi connectivity index (χ1v) is 7.42. The summed E-state index contributed by atoms with van der Waals surface area (Å²) in [4.78, 5) is 0.0892. The minimum atomic E-state index is -3.73. The molecule has 0 aliphatic heterocycles. The summed E-state index contributed by atoms with van der Waals surface area (Å²) < 4.78 is 26.1. The molecule has 0 radical (unpaired) electrons. The first kappa shape index (κ1) is 14.6. The minimum absolute atomic E-state index is 0.0892. The van der Waals surface area contributed by atoms with Gasteiger partial charge < -0.3 is 0 Å². The molecule has 6 heteroatoms. The van der Waals surface area contributed by atoms with Crippen molar-refractivity contribution in [1.82, 2.24) is 0 Å². The van der Waals surface area contributed by atoms with E-state index in [4.69, 9.17) is 10.5 Å². The maximum atomic E-state index is 12.5. The van der Waals surface area contributed by atoms with Gasteiger partial charge in [0.1, 0.15) is 0 Å². The summed E-state index contributed by atoms with van der Waals surface area (Å²) >= 11 is 0. The van der Waals surface area contributed by atoms with Crippen LogP contribution in [0.5, 0.6) is 0 Å². The van der Waals surface area contributed by atoms with Crippen LogP contribution in [0.3, 0.4) is 0 Å². The van der Waals surface area contributed by atoms with Gasteiger partial charge in [-0.3, -0.25) is 4.31 Å². The van der Waals surface area contributed by atoms with Gasteiger partial charge in [0.25, 0.3) is 10.0 Å². The van der Waals surface area contributed by atoms with Gasteiger partial charge in [-0.15, -0.1) is 0 Å². The van der Waals surface area contributed by atoms with Crippen molar-refractivity contribution in [3.05, 3.63) is 59.7 Å². The van der Waals surface area contributed by atoms with E-state index < -0.39 is 10.0 Å². The highest BCUT2D eigenvalue weighted by Gasteiger charge is 2.21. The van der Waals surface area contributed by atoms with Crippen LogP contribution in [0.4, 0.5) is 5.69 Å². The van der Waals surface area contributed by atoms with Crippen LogP contribution >= 0.6 is 0 Å². The SMILES string of the molecule is CN(c1cccc(C#N)c1)S(=O)(=O)c1ccc(C#N)cc1. The Morgan fingerprint density at radius 3 is 2.14 bits per heavy atom. The van der Waals surface area contributed by atoms with E-state index in [1.807, 2.05) is 12.1 Å². The quantitative estimate of drug-likeness (QED) is 0.869. The molecule has 0 atom stereocenters. The van der Waals surface area contributed by atoms with Crippen LogP contribution in [-0.4, -0.2) is 15.5 Å². The zero-order valence-corrected chi connectivity index (χ0v) is 12.0. The van der Waals surface area contributed by atoms with Crippen molar-refractivity contribution in [3.8, 4) is 12.1 Å². The van der Waals surface area contributed by atoms with Crippen molar-refractivity contribution in [1.29, 1.82) is 10.5 Å². The van der Waals surface area contributed by atoms with Crippen LogP contribution in [-0.2, 0) is 10.0 Å². The third kappa shape index (κ3) is 2.86. The zero-order valence-electron chi connectivity index (χ0n) is 11.2. The first-order valence-electron chi connectivity index (χ1n) is 5.98. The van der Waals surface area contributed by atoms with Gasteiger partial charge >= 0.3 is 0 Å². The van der Waals surface area contributed by atoms with Crippen LogP contribution in [0, 0.1) is 22.7 Å². The lowest BCUT2D eigenvalue weighted by Gasteiger charge is -2.19. The van der Waals surface area contributed by atoms with Gasteiger partial charge in [-0.05, 0) is 42.5 Å². The van der Waals surface area contributed by atoms with E-state index in [0.29, 0.717) is 16.8 Å². The van der Waals surface area contributed by atoms with Gasteiger partial charge in [0, 0.05) is 7.05 Å². The standard InChI is InChI=1S/C15H11N3O2S/c1-18(14-4-2-3-13(9-14)11-17)21(19,20)15-7-5-12(10-16)6-8-15/h2-9H,1H3. The first-order chi connectivity index (χ1) is 9.98. The molecule has 0 saturated heterocycles. The van der Waals surface area contributed by atoms with Gasteiger partial charge in [0.05, 0.1) is 33.8 Å². The fourth-order valence-electron chi connectivity index (χ4n) is 1.77. The summed E-state index contributed by atoms with van der Waals surface area (Å²) in [6.45, 7) is 0. The van der Waals surface area contributed by atoms with Crippen molar-refractivity contribution >= 4 is 15.7 Å². The summed E-state index contributed by atoms with van der Waals surface area (Å²) in [5, 5.41) is 17.6. The second-order valence-corrected chi connectivity index (χ2v) is 6.24. The van der Waals surface area contributed by atoms with E-state index >= 15 is 0 Å². The Kier molecular flexibility index (Phi) is 3.93. The van der Waals surface area contributed by atoms with Gasteiger partial charge in [-0.2, -0.15) is 10.5 Å². The van der Waals surface area contributed by atoms with Crippen LogP contribution in [0.25, 0.3) is 0 Å². The van der Waals surface area contributed by atoms with Gasteiger partial charge in [0.15, 0.2) is 0 Å². The lowest BCUT2D eigenvalue weighted by Crippen LogP contribution is -2.26. The molecular weight excluding hydrogens is 286 g/mol. The molecule has 0 saturated carbocycles. The van der Waals surface area contributed by atoms with E-state index in [-0.39, 0.29) is 4.90 Å². The fraction of sp³-hybridized carbons (Fsp3) is 0.0667. The molecular formula is C15H11N3O2S. The molecule has 0 unspecified atom stereocenters. The third-order valence-corrected chi connectivity index (χ3v) is 4.78. The van der Waals surface area contributed by atoms with Crippen LogP contribution in [0.2, 0.25) is 0 Å². The Morgan fingerprint density at radius 2 is 1.57 bits per heavy atom. The molecule has 0 aliphatic carbocycles. The molecule has 0 fully saturated rings. The van der Waals surface area contributed by atoms with Crippen LogP contribution in [0.15, 0.2) is 53.4 Å². The topological polar surface area (TPSA) is 85.0 Å². The Balaban J connectivity index is 2.42. The largest absolute Gasteiger partial charge is 0.269 e. The minimum Gasteiger partial charge on any atom is -0.269 e. The summed E-state index contributed by atoms with van der Waals surface area (Å²) in [5.41, 5.74) is 1.18. The molecule has 2 rings (SSSR count). The average molecular weight is 297 g/mol. The molecule has 0 aliphatic rings. The second-order valence-electron chi connectivity index (χ2n) is 4.27. The second kappa shape index (κ2) is 5.66. The van der Waals surface area contributed by atoms with Crippen molar-refractivity contribution in [2.75, 3.05) is 11.4 Å². The lowest BCUT2D eigenvalue weighted by molar-refractivity contribution is 0.594. The predicted molar refractivity (Wildman–Crippen MR) is 77.9 cm³/mol. The molecule has 21 heavy (non-hydrogen) atoms. The van der Waals surface area contributed by atoms with E-state index in [9.17, 15) is 8.42 Å². The summed E-state index contributed by atoms with van der Waals surface area (Å²) in [5.74, 6) is 0. The van der Waals surface area contributed by atoms with E-state index in [1.54, 1.807) is 18.2 Å². The van der Waals surface area contributed by atoms with Crippen LogP contribution in [0.1, 0.15) is 11.1 Å². The monoisotopic (exact) mass is 297 g/mol. The molecule has 2 aromatic carbocycles. The Labute approximate surface area is 123 Å². The van der Waals surface area contributed by atoms with Gasteiger partial charge in [-0.25, -0.2) is 8.42 Å². The maximum Gasteiger partial charge on any atom is 0.264 e. The molecule has 0 spiro atoms. The van der Waals surface area contributed by atoms with E-state index in [0.717, 1.165) is 4.31 Å². The molecule has 0 aromatic heterocycles. The third-order valence-electron chi connectivity index (χ3n) is 2.98. The summed E-state index contributed by atoms with van der Waals surface area (Å²) in [6, 6.07) is 15.9. The Hall–Kier alpha value is -2.83. The van der Waals surface area contributed by atoms with Crippen molar-refractivity contribution in [3.63, 3.8) is 0 Å². The number of sulfonamides is 1. The number of hydrogen-bond donors (Lipinski definition) is 0. The number of rotatable bonds is 3. The molecule has 2 aromatic rings. The molecule has 0 N–H and O–H groups in total. The summed E-state index contributed by atoms with van der Waals surface area (Å²) in [6.07, 6.45) is 0. The van der Waals surface area contributed by atoms with Gasteiger partial charge in [0.2, 0.25) is 0 Å². The highest BCUT2D eigenvalue weighted by molar-refractivity contribution is 7.92. The van der Waals surface area contributed by atoms with Crippen molar-refractivity contribution < 1.29 is 8.42 Å². The zero-order chi connectivity index (χ0) is 15.5. The smallest absolute Gasteiger partial charge is 0.264 e. The van der Waals surface area contributed by atoms with Crippen LogP contribution < -0.4 is 4.31 Å². The number of hydrogen-bond acceptors (Lipinski definition) is 4. The van der Waals surface area contributed by atoms with E-state index in [2.05, 4.69) is 0 Å². The molecule has 0 bridgehead atoms. The number of anilines is 1. The molecule has 104 valence electrons. The summed E-state index contributed by atoms with van der Waals surface area (Å²) in [7, 11) is -2.31. The highest BCUT2D eigenvalue weighted by atomic mass is 32.2. The lowest BCUT2D eigenvalue weighted by atomic mass is 10.2. The number of nitriles is 2.